The van der Waals surface area contributed by atoms with E-state index in [0.717, 1.165) is 23.2 Å². The maximum Gasteiger partial charge on any atom is 0.266 e. The van der Waals surface area contributed by atoms with Crippen LogP contribution < -0.4 is 4.74 Å². The molecule has 6 heteroatoms. The summed E-state index contributed by atoms with van der Waals surface area (Å²) in [5.41, 5.74) is 4.37. The number of nitrogens with zero attached hydrogens (tertiary/aromatic N) is 3. The second kappa shape index (κ2) is 11.1. The molecule has 35 heavy (non-hydrogen) atoms. The number of rotatable bonds is 7. The summed E-state index contributed by atoms with van der Waals surface area (Å²) in [6.07, 6.45) is 2.74. The molecule has 4 rings (SSSR count). The lowest BCUT2D eigenvalue weighted by Crippen LogP contribution is -2.36. The molecule has 5 nitrogen and oxygen atoms in total. The van der Waals surface area contributed by atoms with Gasteiger partial charge in [0.25, 0.3) is 5.91 Å². The molecule has 1 heterocycles. The summed E-state index contributed by atoms with van der Waals surface area (Å²) in [5.74, 6) is 0.678. The number of thioether (sulfide) groups is 1. The van der Waals surface area contributed by atoms with Crippen molar-refractivity contribution in [3.8, 4) is 11.8 Å². The van der Waals surface area contributed by atoms with Gasteiger partial charge in [-0.25, -0.2) is 4.99 Å². The van der Waals surface area contributed by atoms with Crippen molar-refractivity contribution in [2.45, 2.75) is 39.8 Å². The number of carbonyl (C=O) groups excluding carboxylic acids is 1. The maximum atomic E-state index is 13.3. The van der Waals surface area contributed by atoms with Crippen molar-refractivity contribution in [2.75, 3.05) is 0 Å². The van der Waals surface area contributed by atoms with Crippen molar-refractivity contribution >= 4 is 34.6 Å². The van der Waals surface area contributed by atoms with Crippen LogP contribution in [0, 0.1) is 18.3 Å². The van der Waals surface area contributed by atoms with Gasteiger partial charge < -0.3 is 4.74 Å². The van der Waals surface area contributed by atoms with Gasteiger partial charge in [-0.2, -0.15) is 5.26 Å². The first kappa shape index (κ1) is 24.3. The summed E-state index contributed by atoms with van der Waals surface area (Å²) in [7, 11) is 0. The van der Waals surface area contributed by atoms with E-state index in [1.54, 1.807) is 11.0 Å². The Kier molecular flexibility index (Phi) is 7.69. The monoisotopic (exact) mass is 481 g/mol. The van der Waals surface area contributed by atoms with Crippen LogP contribution in [-0.4, -0.2) is 22.0 Å². The zero-order valence-corrected chi connectivity index (χ0v) is 20.9. The second-order valence-electron chi connectivity index (χ2n) is 8.40. The Morgan fingerprint density at radius 3 is 2.49 bits per heavy atom. The number of aryl methyl sites for hydroxylation is 1. The van der Waals surface area contributed by atoms with Crippen LogP contribution in [0.25, 0.3) is 6.08 Å². The molecular formula is C29H27N3O2S. The molecule has 0 radical (unpaired) electrons. The zero-order chi connectivity index (χ0) is 24.8. The molecule has 0 bridgehead atoms. The Morgan fingerprint density at radius 1 is 1.09 bits per heavy atom. The highest BCUT2D eigenvalue weighted by atomic mass is 32.2. The van der Waals surface area contributed by atoms with Crippen LogP contribution in [0.5, 0.6) is 5.75 Å². The third-order valence-corrected chi connectivity index (χ3v) is 6.82. The molecular weight excluding hydrogens is 454 g/mol. The summed E-state index contributed by atoms with van der Waals surface area (Å²) < 4.78 is 5.86. The molecule has 0 aromatic heterocycles. The minimum atomic E-state index is -0.0244. The van der Waals surface area contributed by atoms with Crippen LogP contribution in [0.15, 0.2) is 82.7 Å². The van der Waals surface area contributed by atoms with E-state index in [4.69, 9.17) is 9.73 Å². The molecule has 0 aliphatic carbocycles. The molecule has 1 saturated heterocycles. The normalized spacial score (nSPS) is 16.5. The van der Waals surface area contributed by atoms with Gasteiger partial charge in [0, 0.05) is 11.6 Å². The fraction of sp³-hybridized carbons (Fsp3) is 0.207. The van der Waals surface area contributed by atoms with Crippen molar-refractivity contribution in [3.63, 3.8) is 0 Å². The van der Waals surface area contributed by atoms with Gasteiger partial charge in [0.05, 0.1) is 22.2 Å². The summed E-state index contributed by atoms with van der Waals surface area (Å²) in [6, 6.07) is 25.2. The van der Waals surface area contributed by atoms with Crippen LogP contribution in [0.2, 0.25) is 0 Å². The third-order valence-electron chi connectivity index (χ3n) is 5.84. The third kappa shape index (κ3) is 5.82. The lowest BCUT2D eigenvalue weighted by atomic mass is 10.1. The Morgan fingerprint density at radius 2 is 1.80 bits per heavy atom. The molecule has 3 aromatic carbocycles. The van der Waals surface area contributed by atoms with Crippen molar-refractivity contribution in [3.05, 3.63) is 100.0 Å². The fourth-order valence-corrected chi connectivity index (χ4v) is 4.68. The number of nitriles is 1. The molecule has 1 atom stereocenters. The average Bonchev–Trinajstić information content (AvgIpc) is 3.18. The molecule has 1 fully saturated rings. The van der Waals surface area contributed by atoms with Gasteiger partial charge in [0.1, 0.15) is 12.4 Å². The van der Waals surface area contributed by atoms with Crippen LogP contribution in [0.1, 0.15) is 42.5 Å². The molecule has 176 valence electrons. The van der Waals surface area contributed by atoms with Gasteiger partial charge in [0.2, 0.25) is 0 Å². The molecule has 3 aromatic rings. The molecule has 0 spiro atoms. The van der Waals surface area contributed by atoms with Gasteiger partial charge in [-0.15, -0.1) is 0 Å². The number of hydrogen-bond acceptors (Lipinski definition) is 5. The number of aliphatic imine (C=N–C) groups is 1. The molecule has 0 N–H and O–H groups in total. The minimum absolute atomic E-state index is 0.0244. The predicted octanol–water partition coefficient (Wildman–Crippen LogP) is 6.85. The smallest absolute Gasteiger partial charge is 0.266 e. The zero-order valence-electron chi connectivity index (χ0n) is 20.1. The summed E-state index contributed by atoms with van der Waals surface area (Å²) >= 11 is 1.41. The predicted molar refractivity (Wildman–Crippen MR) is 142 cm³/mol. The Labute approximate surface area is 210 Å². The maximum absolute atomic E-state index is 13.3. The first-order valence-electron chi connectivity index (χ1n) is 11.6. The number of ether oxygens (including phenoxy) is 1. The summed E-state index contributed by atoms with van der Waals surface area (Å²) in [4.78, 5) is 20.5. The van der Waals surface area contributed by atoms with Crippen LogP contribution in [-0.2, 0) is 11.4 Å². The van der Waals surface area contributed by atoms with Crippen LogP contribution in [0.4, 0.5) is 5.69 Å². The molecule has 0 saturated carbocycles. The number of benzene rings is 3. The summed E-state index contributed by atoms with van der Waals surface area (Å²) in [5, 5.41) is 9.94. The highest BCUT2D eigenvalue weighted by Gasteiger charge is 2.36. The first-order chi connectivity index (χ1) is 17.0. The van der Waals surface area contributed by atoms with E-state index in [1.807, 2.05) is 86.7 Å². The number of amides is 1. The highest BCUT2D eigenvalue weighted by Crippen LogP contribution is 2.36. The number of carbonyl (C=O) groups is 1. The summed E-state index contributed by atoms with van der Waals surface area (Å²) in [6.45, 7) is 6.48. The standard InChI is InChI=1S/C29H27N3O2S/c1-4-21(3)32-28(33)27(35-29(32)31-25-13-9-20(2)10-14-25)17-22-11-15-26(16-12-22)34-19-24-8-6-5-7-23(24)18-30/h5-17,21H,4,19H2,1-3H3/b27-17+,31-29?/t21-/m1/s1. The van der Waals surface area contributed by atoms with Crippen molar-refractivity contribution in [2.24, 2.45) is 4.99 Å². The van der Waals surface area contributed by atoms with Gasteiger partial charge in [-0.3, -0.25) is 9.69 Å². The topological polar surface area (TPSA) is 65.7 Å². The minimum Gasteiger partial charge on any atom is -0.489 e. The molecule has 1 aliphatic rings. The average molecular weight is 482 g/mol. The first-order valence-corrected chi connectivity index (χ1v) is 12.4. The molecule has 1 amide bonds. The quantitative estimate of drug-likeness (QED) is 0.346. The van der Waals surface area contributed by atoms with Crippen molar-refractivity contribution in [1.82, 2.24) is 4.90 Å². The SMILES string of the molecule is CC[C@@H](C)N1C(=O)/C(=C\c2ccc(OCc3ccccc3C#N)cc2)SC1=Nc1ccc(C)cc1. The van der Waals surface area contributed by atoms with E-state index in [9.17, 15) is 10.1 Å². The van der Waals surface area contributed by atoms with E-state index in [-0.39, 0.29) is 11.9 Å². The van der Waals surface area contributed by atoms with E-state index in [2.05, 4.69) is 13.0 Å². The highest BCUT2D eigenvalue weighted by molar-refractivity contribution is 8.18. The number of hydrogen-bond donors (Lipinski definition) is 0. The fourth-order valence-electron chi connectivity index (χ4n) is 3.59. The van der Waals surface area contributed by atoms with Crippen molar-refractivity contribution in [1.29, 1.82) is 5.26 Å². The van der Waals surface area contributed by atoms with Crippen molar-refractivity contribution < 1.29 is 9.53 Å². The molecule has 0 unspecified atom stereocenters. The lowest BCUT2D eigenvalue weighted by Gasteiger charge is -2.22. The Bertz CT molecular complexity index is 1310. The Balaban J connectivity index is 1.51. The van der Waals surface area contributed by atoms with Crippen LogP contribution >= 0.6 is 11.8 Å². The van der Waals surface area contributed by atoms with Gasteiger partial charge in [-0.1, -0.05) is 55.0 Å². The van der Waals surface area contributed by atoms with Crippen LogP contribution in [0.3, 0.4) is 0 Å². The number of amidine groups is 1. The van der Waals surface area contributed by atoms with E-state index in [1.165, 1.54) is 17.3 Å². The van der Waals surface area contributed by atoms with Gasteiger partial charge >= 0.3 is 0 Å². The largest absolute Gasteiger partial charge is 0.489 e. The van der Waals surface area contributed by atoms with E-state index < -0.39 is 0 Å². The molecule has 1 aliphatic heterocycles. The Hall–Kier alpha value is -3.82. The van der Waals surface area contributed by atoms with Gasteiger partial charge in [0.15, 0.2) is 5.17 Å². The van der Waals surface area contributed by atoms with E-state index >= 15 is 0 Å². The lowest BCUT2D eigenvalue weighted by molar-refractivity contribution is -0.123. The van der Waals surface area contributed by atoms with E-state index in [0.29, 0.717) is 28.0 Å². The van der Waals surface area contributed by atoms with Gasteiger partial charge in [-0.05, 0) is 74.0 Å². The second-order valence-corrected chi connectivity index (χ2v) is 9.41.